The van der Waals surface area contributed by atoms with Gasteiger partial charge in [-0.1, -0.05) is 18.2 Å². The van der Waals surface area contributed by atoms with E-state index >= 15 is 0 Å². The minimum Gasteiger partial charge on any atom is -0.496 e. The summed E-state index contributed by atoms with van der Waals surface area (Å²) < 4.78 is 7.00. The maximum absolute atomic E-state index is 11.5. The lowest BCUT2D eigenvalue weighted by Crippen LogP contribution is -2.03. The lowest BCUT2D eigenvalue weighted by molar-refractivity contribution is 0.0697. The molecule has 20 heavy (non-hydrogen) atoms. The number of nitrogens with zero attached hydrogens (tertiary/aromatic N) is 2. The summed E-state index contributed by atoms with van der Waals surface area (Å²) in [5, 5.41) is 9.41. The third-order valence-corrected chi connectivity index (χ3v) is 3.17. The van der Waals surface area contributed by atoms with Crippen molar-refractivity contribution in [3.63, 3.8) is 0 Å². The van der Waals surface area contributed by atoms with Crippen LogP contribution in [0.25, 0.3) is 16.6 Å². The lowest BCUT2D eigenvalue weighted by Gasteiger charge is -2.11. The molecule has 0 saturated heterocycles. The number of aromatic carboxylic acids is 1. The lowest BCUT2D eigenvalue weighted by atomic mass is 10.00. The van der Waals surface area contributed by atoms with Crippen LogP contribution >= 0.6 is 0 Å². The van der Waals surface area contributed by atoms with Crippen LogP contribution in [0.15, 0.2) is 49.1 Å². The van der Waals surface area contributed by atoms with Crippen LogP contribution in [-0.4, -0.2) is 27.6 Å². The molecule has 5 nitrogen and oxygen atoms in total. The van der Waals surface area contributed by atoms with E-state index in [2.05, 4.69) is 4.98 Å². The van der Waals surface area contributed by atoms with Crippen LogP contribution in [0, 0.1) is 0 Å². The number of ether oxygens (including phenoxy) is 1. The number of methoxy groups -OCH3 is 1. The van der Waals surface area contributed by atoms with Crippen LogP contribution in [0.4, 0.5) is 0 Å². The molecule has 0 spiro atoms. The van der Waals surface area contributed by atoms with Crippen molar-refractivity contribution in [3.8, 4) is 16.9 Å². The average Bonchev–Trinajstić information content (AvgIpc) is 2.93. The van der Waals surface area contributed by atoms with Crippen LogP contribution in [0.2, 0.25) is 0 Å². The number of para-hydroxylation sites is 1. The SMILES string of the molecule is COc1ccccc1-c1cc2cncn2cc1C(=O)O. The first-order chi connectivity index (χ1) is 9.70. The van der Waals surface area contributed by atoms with Crippen molar-refractivity contribution in [1.82, 2.24) is 9.38 Å². The van der Waals surface area contributed by atoms with Gasteiger partial charge in [-0.2, -0.15) is 0 Å². The Hall–Kier alpha value is -2.82. The Kier molecular flexibility index (Phi) is 2.87. The molecule has 0 bridgehead atoms. The molecule has 0 fully saturated rings. The average molecular weight is 268 g/mol. The predicted molar refractivity (Wildman–Crippen MR) is 74.1 cm³/mol. The first kappa shape index (κ1) is 12.2. The van der Waals surface area contributed by atoms with Gasteiger partial charge in [0.25, 0.3) is 0 Å². The zero-order chi connectivity index (χ0) is 14.1. The maximum Gasteiger partial charge on any atom is 0.337 e. The van der Waals surface area contributed by atoms with Crippen LogP contribution in [0.3, 0.4) is 0 Å². The molecule has 0 aliphatic heterocycles. The van der Waals surface area contributed by atoms with E-state index in [0.29, 0.717) is 11.3 Å². The van der Waals surface area contributed by atoms with E-state index in [0.717, 1.165) is 11.1 Å². The zero-order valence-corrected chi connectivity index (χ0v) is 10.8. The molecule has 0 unspecified atom stereocenters. The Morgan fingerprint density at radius 1 is 1.30 bits per heavy atom. The van der Waals surface area contributed by atoms with Crippen LogP contribution < -0.4 is 4.74 Å². The highest BCUT2D eigenvalue weighted by atomic mass is 16.5. The summed E-state index contributed by atoms with van der Waals surface area (Å²) in [7, 11) is 1.57. The van der Waals surface area contributed by atoms with Gasteiger partial charge in [-0.25, -0.2) is 9.78 Å². The summed E-state index contributed by atoms with van der Waals surface area (Å²) in [5.74, 6) is -0.347. The molecule has 0 atom stereocenters. The van der Waals surface area contributed by atoms with Gasteiger partial charge < -0.3 is 14.2 Å². The smallest absolute Gasteiger partial charge is 0.337 e. The van der Waals surface area contributed by atoms with Gasteiger partial charge in [0.15, 0.2) is 0 Å². The van der Waals surface area contributed by atoms with E-state index in [1.165, 1.54) is 0 Å². The summed E-state index contributed by atoms with van der Waals surface area (Å²) in [4.78, 5) is 15.5. The third-order valence-electron chi connectivity index (χ3n) is 3.17. The second-order valence-corrected chi connectivity index (χ2v) is 4.33. The Bertz CT molecular complexity index is 793. The summed E-state index contributed by atoms with van der Waals surface area (Å²) in [6.45, 7) is 0. The molecule has 2 heterocycles. The number of pyridine rings is 1. The first-order valence-electron chi connectivity index (χ1n) is 6.03. The van der Waals surface area contributed by atoms with E-state index in [1.807, 2.05) is 24.3 Å². The Balaban J connectivity index is 2.33. The maximum atomic E-state index is 11.5. The van der Waals surface area contributed by atoms with E-state index in [4.69, 9.17) is 4.74 Å². The van der Waals surface area contributed by atoms with Crippen molar-refractivity contribution in [3.05, 3.63) is 54.6 Å². The van der Waals surface area contributed by atoms with Crippen molar-refractivity contribution < 1.29 is 14.6 Å². The number of fused-ring (bicyclic) bond motifs is 1. The van der Waals surface area contributed by atoms with Crippen LogP contribution in [0.1, 0.15) is 10.4 Å². The molecule has 1 aromatic carbocycles. The highest BCUT2D eigenvalue weighted by Crippen LogP contribution is 2.33. The van der Waals surface area contributed by atoms with Gasteiger partial charge in [-0.05, 0) is 12.1 Å². The molecule has 2 aromatic heterocycles. The van der Waals surface area contributed by atoms with Crippen molar-refractivity contribution in [2.45, 2.75) is 0 Å². The molecule has 0 aliphatic carbocycles. The molecule has 3 aromatic rings. The van der Waals surface area contributed by atoms with Crippen molar-refractivity contribution in [2.24, 2.45) is 0 Å². The predicted octanol–water partition coefficient (Wildman–Crippen LogP) is 2.71. The van der Waals surface area contributed by atoms with Gasteiger partial charge in [0.05, 0.1) is 30.7 Å². The molecule has 0 saturated carbocycles. The van der Waals surface area contributed by atoms with Crippen molar-refractivity contribution >= 4 is 11.5 Å². The normalized spacial score (nSPS) is 10.7. The number of aromatic nitrogens is 2. The van der Waals surface area contributed by atoms with Crippen molar-refractivity contribution in [1.29, 1.82) is 0 Å². The Morgan fingerprint density at radius 2 is 2.10 bits per heavy atom. The molecule has 0 amide bonds. The summed E-state index contributed by atoms with van der Waals surface area (Å²) >= 11 is 0. The quantitative estimate of drug-likeness (QED) is 0.793. The van der Waals surface area contributed by atoms with Gasteiger partial charge in [0, 0.05) is 17.3 Å². The molecule has 0 aliphatic rings. The molecule has 3 rings (SSSR count). The highest BCUT2D eigenvalue weighted by molar-refractivity contribution is 5.97. The fraction of sp³-hybridized carbons (Fsp3) is 0.0667. The van der Waals surface area contributed by atoms with Gasteiger partial charge >= 0.3 is 5.97 Å². The topological polar surface area (TPSA) is 63.8 Å². The molecule has 5 heteroatoms. The number of carboxylic acid groups (broad SMARTS) is 1. The largest absolute Gasteiger partial charge is 0.496 e. The number of rotatable bonds is 3. The summed E-state index contributed by atoms with van der Waals surface area (Å²) in [6.07, 6.45) is 4.82. The Labute approximate surface area is 115 Å². The first-order valence-corrected chi connectivity index (χ1v) is 6.03. The second kappa shape index (κ2) is 4.70. The van der Waals surface area contributed by atoms with Crippen molar-refractivity contribution in [2.75, 3.05) is 7.11 Å². The monoisotopic (exact) mass is 268 g/mol. The molecule has 0 radical (unpaired) electrons. The fourth-order valence-corrected chi connectivity index (χ4v) is 2.23. The zero-order valence-electron chi connectivity index (χ0n) is 10.8. The third kappa shape index (κ3) is 1.89. The molecule has 100 valence electrons. The van der Waals surface area contributed by atoms with Crippen LogP contribution in [0.5, 0.6) is 5.75 Å². The minimum absolute atomic E-state index is 0.208. The highest BCUT2D eigenvalue weighted by Gasteiger charge is 2.16. The molecular formula is C15H12N2O3. The number of benzene rings is 1. The summed E-state index contributed by atoms with van der Waals surface area (Å²) in [5.41, 5.74) is 2.40. The van der Waals surface area contributed by atoms with Gasteiger partial charge in [-0.15, -0.1) is 0 Å². The van der Waals surface area contributed by atoms with E-state index in [1.54, 1.807) is 36.3 Å². The van der Waals surface area contributed by atoms with Gasteiger partial charge in [0.1, 0.15) is 5.75 Å². The van der Waals surface area contributed by atoms with Crippen LogP contribution in [-0.2, 0) is 0 Å². The number of carbonyl (C=O) groups is 1. The second-order valence-electron chi connectivity index (χ2n) is 4.33. The number of hydrogen-bond acceptors (Lipinski definition) is 3. The Morgan fingerprint density at radius 3 is 2.85 bits per heavy atom. The molecular weight excluding hydrogens is 256 g/mol. The summed E-state index contributed by atoms with van der Waals surface area (Å²) in [6, 6.07) is 9.15. The molecule has 1 N–H and O–H groups in total. The van der Waals surface area contributed by atoms with Gasteiger partial charge in [-0.3, -0.25) is 0 Å². The van der Waals surface area contributed by atoms with Gasteiger partial charge in [0.2, 0.25) is 0 Å². The number of hydrogen-bond donors (Lipinski definition) is 1. The number of imidazole rings is 1. The van der Waals surface area contributed by atoms with E-state index in [9.17, 15) is 9.90 Å². The number of carboxylic acids is 1. The van der Waals surface area contributed by atoms with E-state index < -0.39 is 5.97 Å². The minimum atomic E-state index is -0.985. The standard InChI is InChI=1S/C15H12N2O3/c1-20-14-5-3-2-4-11(14)12-6-10-7-16-9-17(10)8-13(12)15(18)19/h2-9H,1H3,(H,18,19). The van der Waals surface area contributed by atoms with E-state index in [-0.39, 0.29) is 5.56 Å². The fourth-order valence-electron chi connectivity index (χ4n) is 2.23.